The molecule has 0 fully saturated rings. The second-order valence-electron chi connectivity index (χ2n) is 18.1. The quantitative estimate of drug-likeness (QED) is 0.107. The fourth-order valence-corrected chi connectivity index (χ4v) is 32.5. The number of fused-ring (bicyclic) bond motifs is 7. The lowest BCUT2D eigenvalue weighted by molar-refractivity contribution is 0.453. The first-order valence-electron chi connectivity index (χ1n) is 22.0. The SMILES string of the molecule is C[Si](C)(c1cscn1)C1([Si](C)(C)c2cscn2)c2ccccc2Oc2c1cccc2[Si](c1ccccc1)(c1ccccc1)c1cccc(-n2c3ccccc3n3c4ccccc4nc23)c1. The van der Waals surface area contributed by atoms with E-state index < -0.39 is 28.9 Å². The molecule has 11 aromatic rings. The zero-order valence-electron chi connectivity index (χ0n) is 36.5. The van der Waals surface area contributed by atoms with E-state index in [-0.39, 0.29) is 0 Å². The van der Waals surface area contributed by atoms with E-state index in [1.165, 1.54) is 42.5 Å². The van der Waals surface area contributed by atoms with Crippen LogP contribution in [0.3, 0.4) is 0 Å². The van der Waals surface area contributed by atoms with Crippen molar-refractivity contribution in [2.45, 2.75) is 30.8 Å². The van der Waals surface area contributed by atoms with Gasteiger partial charge < -0.3 is 4.74 Å². The Morgan fingerprint density at radius 1 is 0.523 bits per heavy atom. The molecule has 6 nitrogen and oxygen atoms in total. The highest BCUT2D eigenvalue weighted by Gasteiger charge is 2.65. The van der Waals surface area contributed by atoms with Gasteiger partial charge in [-0.05, 0) is 63.2 Å². The first-order chi connectivity index (χ1) is 31.8. The number of hydrogen-bond acceptors (Lipinski definition) is 6. The molecule has 0 unspecified atom stereocenters. The van der Waals surface area contributed by atoms with Gasteiger partial charge in [0.05, 0.1) is 33.1 Å². The topological polar surface area (TPSA) is 57.2 Å². The van der Waals surface area contributed by atoms with Crippen molar-refractivity contribution < 1.29 is 4.74 Å². The van der Waals surface area contributed by atoms with Crippen LogP contribution in [0.4, 0.5) is 0 Å². The standard InChI is InChI=1S/C54H45N5OS2Si3/c1-63(2,50-34-61-36-55-50)54(64(3,4)51-35-62-37-56-51)42-25-11-16-31-48(42)60-52-43(54)26-18-32-49(52)65(39-20-7-5-8-21-39,40-22-9-6-10-23-40)41-24-17-19-38(33-41)58-46-29-14-15-30-47(46)59-45-28-13-12-27-44(45)57-53(58)59/h5-37H,1-4H3. The van der Waals surface area contributed by atoms with Gasteiger partial charge in [0.15, 0.2) is 8.07 Å². The van der Waals surface area contributed by atoms with Gasteiger partial charge in [-0.15, -0.1) is 22.7 Å². The van der Waals surface area contributed by atoms with E-state index in [0.29, 0.717) is 0 Å². The summed E-state index contributed by atoms with van der Waals surface area (Å²) in [5.41, 5.74) is 11.9. The highest BCUT2D eigenvalue weighted by Crippen LogP contribution is 2.56. The van der Waals surface area contributed by atoms with E-state index in [1.54, 1.807) is 22.7 Å². The Balaban J connectivity index is 1.22. The zero-order valence-corrected chi connectivity index (χ0v) is 41.1. The number of hydrogen-bond donors (Lipinski definition) is 0. The first kappa shape index (κ1) is 40.1. The molecule has 11 heteroatoms. The van der Waals surface area contributed by atoms with Crippen LogP contribution in [-0.4, -0.2) is 48.1 Å². The van der Waals surface area contributed by atoms with Gasteiger partial charge in [-0.25, -0.2) is 4.98 Å². The van der Waals surface area contributed by atoms with Crippen molar-refractivity contribution in [2.24, 2.45) is 0 Å². The van der Waals surface area contributed by atoms with Crippen molar-refractivity contribution in [1.82, 2.24) is 23.9 Å². The van der Waals surface area contributed by atoms with Crippen LogP contribution >= 0.6 is 22.7 Å². The number of imidazole rings is 2. The molecule has 0 saturated carbocycles. The summed E-state index contributed by atoms with van der Waals surface area (Å²) in [7, 11) is -8.59. The summed E-state index contributed by atoms with van der Waals surface area (Å²) in [4.78, 5) is 15.7. The van der Waals surface area contributed by atoms with Crippen LogP contribution in [0.25, 0.3) is 33.5 Å². The van der Waals surface area contributed by atoms with Gasteiger partial charge in [0, 0.05) is 42.9 Å². The van der Waals surface area contributed by atoms with Crippen LogP contribution < -0.4 is 36.1 Å². The third-order valence-electron chi connectivity index (χ3n) is 14.4. The number of aromatic nitrogens is 5. The fourth-order valence-electron chi connectivity index (χ4n) is 11.7. The average molecular weight is 928 g/mol. The maximum absolute atomic E-state index is 7.64. The number of rotatable bonds is 9. The van der Waals surface area contributed by atoms with E-state index in [4.69, 9.17) is 19.7 Å². The summed E-state index contributed by atoms with van der Waals surface area (Å²) in [6, 6.07) is 64.9. The summed E-state index contributed by atoms with van der Waals surface area (Å²) >= 11 is 3.39. The van der Waals surface area contributed by atoms with Crippen molar-refractivity contribution in [1.29, 1.82) is 0 Å². The molecule has 0 N–H and O–H groups in total. The van der Waals surface area contributed by atoms with Crippen molar-refractivity contribution in [3.8, 4) is 17.2 Å². The monoisotopic (exact) mass is 927 g/mol. The highest BCUT2D eigenvalue weighted by atomic mass is 32.1. The summed E-state index contributed by atoms with van der Waals surface area (Å²) in [6.07, 6.45) is 0. The van der Waals surface area contributed by atoms with E-state index >= 15 is 0 Å². The molecule has 0 spiro atoms. The molecule has 4 aromatic heterocycles. The van der Waals surface area contributed by atoms with Crippen LogP contribution in [0.2, 0.25) is 26.2 Å². The summed E-state index contributed by atoms with van der Waals surface area (Å²) < 4.78 is 11.8. The minimum Gasteiger partial charge on any atom is -0.457 e. The number of nitrogens with zero attached hydrogens (tertiary/aromatic N) is 5. The molecule has 0 radical (unpaired) electrons. The molecule has 5 heterocycles. The maximum atomic E-state index is 7.64. The van der Waals surface area contributed by atoms with Gasteiger partial charge in [0.1, 0.15) is 27.6 Å². The summed E-state index contributed by atoms with van der Waals surface area (Å²) in [5, 5.41) is 12.1. The summed E-state index contributed by atoms with van der Waals surface area (Å²) in [6.45, 7) is 10.2. The number of thiazole rings is 2. The Hall–Kier alpha value is -6.48. The minimum atomic E-state index is -3.29. The molecular formula is C54H45N5OS2Si3. The Bertz CT molecular complexity index is 3460. The smallest absolute Gasteiger partial charge is 0.220 e. The molecule has 316 valence electrons. The molecule has 0 atom stereocenters. The van der Waals surface area contributed by atoms with Crippen molar-refractivity contribution in [2.75, 3.05) is 0 Å². The van der Waals surface area contributed by atoms with Crippen LogP contribution in [0, 0.1) is 0 Å². The molecule has 0 amide bonds. The lowest BCUT2D eigenvalue weighted by Crippen LogP contribution is -2.77. The second-order valence-corrected chi connectivity index (χ2v) is 32.9. The highest BCUT2D eigenvalue weighted by molar-refractivity contribution is 7.20. The molecule has 65 heavy (non-hydrogen) atoms. The van der Waals surface area contributed by atoms with E-state index in [0.717, 1.165) is 45.0 Å². The van der Waals surface area contributed by atoms with Gasteiger partial charge in [-0.3, -0.25) is 18.9 Å². The van der Waals surface area contributed by atoms with Gasteiger partial charge in [0.2, 0.25) is 5.78 Å². The predicted octanol–water partition coefficient (Wildman–Crippen LogP) is 9.42. The first-order valence-corrected chi connectivity index (χ1v) is 31.9. The molecular weight excluding hydrogens is 883 g/mol. The van der Waals surface area contributed by atoms with Crippen molar-refractivity contribution in [3.63, 3.8) is 0 Å². The van der Waals surface area contributed by atoms with Gasteiger partial charge in [-0.1, -0.05) is 160 Å². The van der Waals surface area contributed by atoms with E-state index in [1.807, 2.05) is 11.0 Å². The van der Waals surface area contributed by atoms with Gasteiger partial charge in [-0.2, -0.15) is 0 Å². The van der Waals surface area contributed by atoms with E-state index in [2.05, 4.69) is 222 Å². The third-order valence-corrected chi connectivity index (χ3v) is 32.5. The normalized spacial score (nSPS) is 13.8. The lowest BCUT2D eigenvalue weighted by atomic mass is 9.98. The van der Waals surface area contributed by atoms with Gasteiger partial charge >= 0.3 is 0 Å². The summed E-state index contributed by atoms with van der Waals surface area (Å²) in [5.74, 6) is 2.78. The molecule has 0 aliphatic carbocycles. The molecule has 1 aliphatic heterocycles. The minimum absolute atomic E-state index is 0.434. The molecule has 0 saturated heterocycles. The number of benzene rings is 7. The maximum Gasteiger partial charge on any atom is 0.220 e. The Kier molecular flexibility index (Phi) is 9.27. The zero-order chi connectivity index (χ0) is 44.0. The Labute approximate surface area is 389 Å². The van der Waals surface area contributed by atoms with Crippen LogP contribution in [0.15, 0.2) is 198 Å². The average Bonchev–Trinajstić information content (AvgIpc) is 4.19. The Morgan fingerprint density at radius 3 is 1.74 bits per heavy atom. The molecule has 0 bridgehead atoms. The van der Waals surface area contributed by atoms with Crippen LogP contribution in [-0.2, 0) is 4.66 Å². The lowest BCUT2D eigenvalue weighted by Gasteiger charge is -2.56. The van der Waals surface area contributed by atoms with Crippen LogP contribution in [0.5, 0.6) is 11.5 Å². The van der Waals surface area contributed by atoms with Crippen molar-refractivity contribution in [3.05, 3.63) is 209 Å². The van der Waals surface area contributed by atoms with E-state index in [9.17, 15) is 0 Å². The molecule has 1 aliphatic rings. The second kappa shape index (κ2) is 15.0. The predicted molar refractivity (Wildman–Crippen MR) is 279 cm³/mol. The van der Waals surface area contributed by atoms with Gasteiger partial charge in [0.25, 0.3) is 0 Å². The third kappa shape index (κ3) is 5.56. The number of para-hydroxylation sites is 6. The van der Waals surface area contributed by atoms with Crippen LogP contribution in [0.1, 0.15) is 11.1 Å². The largest absolute Gasteiger partial charge is 0.457 e. The molecule has 7 aromatic carbocycles. The Morgan fingerprint density at radius 2 is 1.08 bits per heavy atom. The molecule has 12 rings (SSSR count). The number of ether oxygens (including phenoxy) is 1. The fraction of sp³-hybridized carbons (Fsp3) is 0.0926. The van der Waals surface area contributed by atoms with Crippen molar-refractivity contribution >= 4 is 106 Å².